The van der Waals surface area contributed by atoms with Gasteiger partial charge in [-0.2, -0.15) is 0 Å². The minimum atomic E-state index is -0.144. The Bertz CT molecular complexity index is 817. The number of nitrogens with two attached hydrogens (primary N) is 1. The van der Waals surface area contributed by atoms with Crippen molar-refractivity contribution in [2.75, 3.05) is 5.73 Å². The number of rotatable bonds is 3. The van der Waals surface area contributed by atoms with Gasteiger partial charge in [-0.1, -0.05) is 0 Å². The molecule has 2 aromatic heterocycles. The van der Waals surface area contributed by atoms with Crippen LogP contribution in [0.3, 0.4) is 0 Å². The smallest absolute Gasteiger partial charge is 0.294 e. The van der Waals surface area contributed by atoms with Crippen LogP contribution in [-0.2, 0) is 6.54 Å². The van der Waals surface area contributed by atoms with E-state index in [0.29, 0.717) is 23.9 Å². The second kappa shape index (κ2) is 5.24. The summed E-state index contributed by atoms with van der Waals surface area (Å²) in [4.78, 5) is 20.9. The van der Waals surface area contributed by atoms with Gasteiger partial charge in [0.25, 0.3) is 5.56 Å². The van der Waals surface area contributed by atoms with E-state index >= 15 is 0 Å². The van der Waals surface area contributed by atoms with Crippen molar-refractivity contribution in [1.82, 2.24) is 19.1 Å². The summed E-state index contributed by atoms with van der Waals surface area (Å²) < 4.78 is 3.30. The number of nitrogens with zero attached hydrogens (tertiary/aromatic N) is 4. The van der Waals surface area contributed by atoms with Crippen LogP contribution in [0.2, 0.25) is 0 Å². The average molecular weight is 281 g/mol. The van der Waals surface area contributed by atoms with Crippen molar-refractivity contribution in [2.45, 2.75) is 13.5 Å². The highest BCUT2D eigenvalue weighted by atomic mass is 16.1. The predicted molar refractivity (Wildman–Crippen MR) is 81.1 cm³/mol. The zero-order valence-electron chi connectivity index (χ0n) is 11.6. The zero-order chi connectivity index (χ0) is 14.8. The molecule has 0 amide bonds. The van der Waals surface area contributed by atoms with Crippen molar-refractivity contribution in [1.29, 1.82) is 0 Å². The van der Waals surface area contributed by atoms with Gasteiger partial charge < -0.3 is 10.3 Å². The molecule has 0 atom stereocenters. The van der Waals surface area contributed by atoms with E-state index in [-0.39, 0.29) is 5.56 Å². The Morgan fingerprint density at radius 2 is 1.81 bits per heavy atom. The number of hydrogen-bond donors (Lipinski definition) is 1. The third-order valence-electron chi connectivity index (χ3n) is 3.27. The molecule has 0 aliphatic rings. The van der Waals surface area contributed by atoms with Gasteiger partial charge in [0.05, 0.1) is 0 Å². The minimum Gasteiger partial charge on any atom is -0.399 e. The molecule has 0 radical (unpaired) electrons. The molecular formula is C15H15N5O. The first-order valence-electron chi connectivity index (χ1n) is 6.65. The first kappa shape index (κ1) is 13.1. The molecule has 0 bridgehead atoms. The average Bonchev–Trinajstić information content (AvgIpc) is 2.97. The molecule has 1 aromatic carbocycles. The van der Waals surface area contributed by atoms with Gasteiger partial charge in [0.15, 0.2) is 0 Å². The number of anilines is 1. The molecule has 3 aromatic rings. The van der Waals surface area contributed by atoms with Crippen LogP contribution in [0.15, 0.2) is 53.8 Å². The molecule has 0 aliphatic heterocycles. The van der Waals surface area contributed by atoms with Crippen LogP contribution in [0.5, 0.6) is 0 Å². The maximum Gasteiger partial charge on any atom is 0.294 e. The lowest BCUT2D eigenvalue weighted by Crippen LogP contribution is -2.24. The second-order valence-corrected chi connectivity index (χ2v) is 4.58. The van der Waals surface area contributed by atoms with E-state index < -0.39 is 0 Å². The van der Waals surface area contributed by atoms with Crippen molar-refractivity contribution in [2.24, 2.45) is 0 Å². The fourth-order valence-corrected chi connectivity index (χ4v) is 2.17. The maximum atomic E-state index is 12.4. The summed E-state index contributed by atoms with van der Waals surface area (Å²) in [6.45, 7) is 2.51. The monoisotopic (exact) mass is 281 g/mol. The Morgan fingerprint density at radius 1 is 1.10 bits per heavy atom. The molecule has 0 aliphatic carbocycles. The van der Waals surface area contributed by atoms with Crippen molar-refractivity contribution >= 4 is 5.69 Å². The molecule has 0 fully saturated rings. The van der Waals surface area contributed by atoms with Crippen LogP contribution in [0, 0.1) is 0 Å². The molecule has 2 heterocycles. The molecule has 6 heteroatoms. The van der Waals surface area contributed by atoms with Crippen LogP contribution in [-0.4, -0.2) is 19.1 Å². The van der Waals surface area contributed by atoms with Crippen LogP contribution in [0.25, 0.3) is 17.2 Å². The number of imidazole rings is 1. The summed E-state index contributed by atoms with van der Waals surface area (Å²) in [5.41, 5.74) is 7.12. The summed E-state index contributed by atoms with van der Waals surface area (Å²) >= 11 is 0. The van der Waals surface area contributed by atoms with E-state index in [1.807, 2.05) is 19.1 Å². The van der Waals surface area contributed by atoms with E-state index in [2.05, 4.69) is 9.97 Å². The molecule has 0 spiro atoms. The van der Waals surface area contributed by atoms with Crippen molar-refractivity contribution in [3.05, 3.63) is 59.4 Å². The largest absolute Gasteiger partial charge is 0.399 e. The normalized spacial score (nSPS) is 10.7. The number of aromatic nitrogens is 4. The minimum absolute atomic E-state index is 0.144. The molecule has 0 saturated heterocycles. The highest BCUT2D eigenvalue weighted by Crippen LogP contribution is 2.20. The fourth-order valence-electron chi connectivity index (χ4n) is 2.17. The number of hydrogen-bond acceptors (Lipinski definition) is 4. The summed E-state index contributed by atoms with van der Waals surface area (Å²) in [6.07, 6.45) is 6.67. The quantitative estimate of drug-likeness (QED) is 0.741. The van der Waals surface area contributed by atoms with Gasteiger partial charge in [-0.25, -0.2) is 9.97 Å². The Morgan fingerprint density at radius 3 is 2.52 bits per heavy atom. The van der Waals surface area contributed by atoms with E-state index in [4.69, 9.17) is 5.73 Å². The molecular weight excluding hydrogens is 266 g/mol. The molecule has 3 rings (SSSR count). The Balaban J connectivity index is 2.16. The molecule has 0 saturated carbocycles. The van der Waals surface area contributed by atoms with Crippen molar-refractivity contribution < 1.29 is 0 Å². The summed E-state index contributed by atoms with van der Waals surface area (Å²) in [7, 11) is 0. The van der Waals surface area contributed by atoms with Crippen LogP contribution in [0.1, 0.15) is 6.92 Å². The Hall–Kier alpha value is -2.89. The van der Waals surface area contributed by atoms with Crippen LogP contribution in [0.4, 0.5) is 5.69 Å². The van der Waals surface area contributed by atoms with Gasteiger partial charge in [-0.05, 0) is 31.2 Å². The van der Waals surface area contributed by atoms with Crippen LogP contribution >= 0.6 is 0 Å². The fraction of sp³-hybridized carbons (Fsp3) is 0.133. The molecule has 2 N–H and O–H groups in total. The SMILES string of the molecule is CCn1ccnc(-n2ccnc2-c2ccc(N)cc2)c1=O. The molecule has 106 valence electrons. The van der Waals surface area contributed by atoms with Gasteiger partial charge in [0.2, 0.25) is 5.82 Å². The molecule has 21 heavy (non-hydrogen) atoms. The zero-order valence-corrected chi connectivity index (χ0v) is 11.6. The number of benzene rings is 1. The highest BCUT2D eigenvalue weighted by molar-refractivity contribution is 5.60. The summed E-state index contributed by atoms with van der Waals surface area (Å²) in [5.74, 6) is 0.997. The van der Waals surface area contributed by atoms with E-state index in [9.17, 15) is 4.79 Å². The first-order valence-corrected chi connectivity index (χ1v) is 6.65. The van der Waals surface area contributed by atoms with Gasteiger partial charge in [0.1, 0.15) is 5.82 Å². The van der Waals surface area contributed by atoms with Crippen molar-refractivity contribution in [3.63, 3.8) is 0 Å². The molecule has 6 nitrogen and oxygen atoms in total. The number of aryl methyl sites for hydroxylation is 1. The Kier molecular flexibility index (Phi) is 3.27. The highest BCUT2D eigenvalue weighted by Gasteiger charge is 2.12. The Labute approximate surface area is 121 Å². The third kappa shape index (κ3) is 2.31. The lowest BCUT2D eigenvalue weighted by molar-refractivity contribution is 0.706. The third-order valence-corrected chi connectivity index (χ3v) is 3.27. The second-order valence-electron chi connectivity index (χ2n) is 4.58. The van der Waals surface area contributed by atoms with Crippen LogP contribution < -0.4 is 11.3 Å². The van der Waals surface area contributed by atoms with E-state index in [0.717, 1.165) is 5.56 Å². The van der Waals surface area contributed by atoms with E-state index in [1.54, 1.807) is 46.1 Å². The number of nitrogen functional groups attached to an aromatic ring is 1. The van der Waals surface area contributed by atoms with Gasteiger partial charge in [-0.3, -0.25) is 9.36 Å². The van der Waals surface area contributed by atoms with E-state index in [1.165, 1.54) is 0 Å². The maximum absolute atomic E-state index is 12.4. The van der Waals surface area contributed by atoms with Gasteiger partial charge in [0, 0.05) is 42.6 Å². The van der Waals surface area contributed by atoms with Gasteiger partial charge in [-0.15, -0.1) is 0 Å². The summed E-state index contributed by atoms with van der Waals surface area (Å²) in [5, 5.41) is 0. The van der Waals surface area contributed by atoms with Gasteiger partial charge >= 0.3 is 0 Å². The predicted octanol–water partition coefficient (Wildman–Crippen LogP) is 1.70. The standard InChI is InChI=1S/C15H15N5O/c1-2-19-9-7-18-14(15(19)21)20-10-8-17-13(20)11-3-5-12(16)6-4-11/h3-10H,2,16H2,1H3. The lowest BCUT2D eigenvalue weighted by atomic mass is 10.2. The summed E-state index contributed by atoms with van der Waals surface area (Å²) in [6, 6.07) is 7.35. The molecule has 0 unspecified atom stereocenters. The topological polar surface area (TPSA) is 78.7 Å². The van der Waals surface area contributed by atoms with Crippen molar-refractivity contribution in [3.8, 4) is 17.2 Å². The first-order chi connectivity index (χ1) is 10.2. The lowest BCUT2D eigenvalue weighted by Gasteiger charge is -2.08.